The van der Waals surface area contributed by atoms with Gasteiger partial charge in [-0.3, -0.25) is 4.79 Å². The molecule has 37 heavy (non-hydrogen) atoms. The van der Waals surface area contributed by atoms with Crippen LogP contribution in [0.3, 0.4) is 0 Å². The first-order valence-corrected chi connectivity index (χ1v) is 12.7. The minimum absolute atomic E-state index is 0.0728. The second kappa shape index (κ2) is 9.84. The zero-order valence-electron chi connectivity index (χ0n) is 21.2. The normalized spacial score (nSPS) is 15.7. The standard InChI is InChI=1S/C28H31N7O2/c1-33-11-13-34(14-12-33)19-3-6-25(30-17-19)32-24-5-4-20(23-18-31-28(36)26(23)24)21-7-9-29-27-22(21)8-10-35(27)15-16-37-2/h3-10,17H,11-16,18H2,1-2H3,(H,30,32)(H,31,36). The molecule has 6 rings (SSSR count). The van der Waals surface area contributed by atoms with Crippen LogP contribution in [0.4, 0.5) is 17.2 Å². The smallest absolute Gasteiger partial charge is 0.254 e. The van der Waals surface area contributed by atoms with Gasteiger partial charge in [0.05, 0.1) is 29.7 Å². The summed E-state index contributed by atoms with van der Waals surface area (Å²) in [5.74, 6) is 0.644. The molecule has 1 saturated heterocycles. The minimum atomic E-state index is -0.0728. The molecule has 0 unspecified atom stereocenters. The molecule has 5 heterocycles. The minimum Gasteiger partial charge on any atom is -0.383 e. The van der Waals surface area contributed by atoms with E-state index in [0.29, 0.717) is 24.5 Å². The molecule has 0 aliphatic carbocycles. The van der Waals surface area contributed by atoms with Crippen LogP contribution in [0.15, 0.2) is 55.0 Å². The van der Waals surface area contributed by atoms with Gasteiger partial charge in [-0.1, -0.05) is 6.07 Å². The maximum Gasteiger partial charge on any atom is 0.254 e. The molecular formula is C28H31N7O2. The zero-order chi connectivity index (χ0) is 25.4. The fourth-order valence-corrected chi connectivity index (χ4v) is 5.25. The van der Waals surface area contributed by atoms with Crippen LogP contribution in [0.25, 0.3) is 22.2 Å². The summed E-state index contributed by atoms with van der Waals surface area (Å²) in [6, 6.07) is 12.2. The first-order chi connectivity index (χ1) is 18.1. The number of nitrogens with zero attached hydrogens (tertiary/aromatic N) is 5. The lowest BCUT2D eigenvalue weighted by Crippen LogP contribution is -2.44. The Hall–Kier alpha value is -3.95. The van der Waals surface area contributed by atoms with Crippen molar-refractivity contribution in [2.75, 3.05) is 57.2 Å². The van der Waals surface area contributed by atoms with Gasteiger partial charge in [0, 0.05) is 64.2 Å². The van der Waals surface area contributed by atoms with E-state index < -0.39 is 0 Å². The molecule has 1 amide bonds. The highest BCUT2D eigenvalue weighted by atomic mass is 16.5. The van der Waals surface area contributed by atoms with E-state index in [1.807, 2.05) is 36.8 Å². The highest BCUT2D eigenvalue weighted by Crippen LogP contribution is 2.37. The van der Waals surface area contributed by atoms with Crippen LogP contribution < -0.4 is 15.5 Å². The molecule has 0 radical (unpaired) electrons. The first-order valence-electron chi connectivity index (χ1n) is 12.7. The number of benzene rings is 1. The van der Waals surface area contributed by atoms with Gasteiger partial charge in [-0.2, -0.15) is 0 Å². The Bertz CT molecular complexity index is 1440. The Morgan fingerprint density at radius 3 is 2.68 bits per heavy atom. The molecule has 9 heteroatoms. The summed E-state index contributed by atoms with van der Waals surface area (Å²) in [7, 11) is 3.85. The van der Waals surface area contributed by atoms with Gasteiger partial charge in [0.2, 0.25) is 0 Å². The number of methoxy groups -OCH3 is 1. The number of anilines is 3. The van der Waals surface area contributed by atoms with Crippen LogP contribution in [0.5, 0.6) is 0 Å². The Morgan fingerprint density at radius 1 is 1.03 bits per heavy atom. The molecule has 1 fully saturated rings. The number of hydrogen-bond donors (Lipinski definition) is 2. The topological polar surface area (TPSA) is 87.5 Å². The number of ether oxygens (including phenoxy) is 1. The van der Waals surface area contributed by atoms with Crippen molar-refractivity contribution in [3.05, 3.63) is 66.1 Å². The molecule has 4 aromatic rings. The third kappa shape index (κ3) is 4.41. The van der Waals surface area contributed by atoms with Crippen LogP contribution in [0.2, 0.25) is 0 Å². The second-order valence-electron chi connectivity index (χ2n) is 9.61. The van der Waals surface area contributed by atoms with Crippen LogP contribution >= 0.6 is 0 Å². The summed E-state index contributed by atoms with van der Waals surface area (Å²) in [6.07, 6.45) is 5.77. The number of amides is 1. The molecule has 0 saturated carbocycles. The fourth-order valence-electron chi connectivity index (χ4n) is 5.25. The molecule has 9 nitrogen and oxygen atoms in total. The van der Waals surface area contributed by atoms with Crippen molar-refractivity contribution in [3.8, 4) is 11.1 Å². The Kier molecular flexibility index (Phi) is 6.23. The monoisotopic (exact) mass is 497 g/mol. The molecule has 0 bridgehead atoms. The number of carbonyl (C=O) groups excluding carboxylic acids is 1. The van der Waals surface area contributed by atoms with E-state index >= 15 is 0 Å². The molecule has 0 spiro atoms. The quantitative estimate of drug-likeness (QED) is 0.404. The fraction of sp³-hybridized carbons (Fsp3) is 0.321. The van der Waals surface area contributed by atoms with Crippen molar-refractivity contribution in [2.24, 2.45) is 0 Å². The maximum atomic E-state index is 12.9. The summed E-state index contributed by atoms with van der Waals surface area (Å²) >= 11 is 0. The lowest BCUT2D eigenvalue weighted by molar-refractivity contribution is 0.0966. The van der Waals surface area contributed by atoms with E-state index in [4.69, 9.17) is 4.74 Å². The Morgan fingerprint density at radius 2 is 1.89 bits per heavy atom. The number of nitrogens with one attached hydrogen (secondary N) is 2. The predicted molar refractivity (Wildman–Crippen MR) is 145 cm³/mol. The maximum absolute atomic E-state index is 12.9. The van der Waals surface area contributed by atoms with E-state index in [2.05, 4.69) is 60.2 Å². The molecule has 3 aromatic heterocycles. The van der Waals surface area contributed by atoms with Crippen LogP contribution in [-0.2, 0) is 17.8 Å². The van der Waals surface area contributed by atoms with Crippen molar-refractivity contribution < 1.29 is 9.53 Å². The Labute approximate surface area is 216 Å². The van der Waals surface area contributed by atoms with Gasteiger partial charge in [0.25, 0.3) is 5.91 Å². The highest BCUT2D eigenvalue weighted by Gasteiger charge is 2.27. The van der Waals surface area contributed by atoms with Gasteiger partial charge in [0.15, 0.2) is 0 Å². The van der Waals surface area contributed by atoms with Crippen molar-refractivity contribution in [1.29, 1.82) is 0 Å². The molecule has 2 N–H and O–H groups in total. The number of aromatic nitrogens is 3. The number of likely N-dealkylation sites (N-methyl/N-ethyl adjacent to an activating group) is 1. The lowest BCUT2D eigenvalue weighted by atomic mass is 9.94. The van der Waals surface area contributed by atoms with E-state index in [1.54, 1.807) is 7.11 Å². The van der Waals surface area contributed by atoms with Crippen LogP contribution in [-0.4, -0.2) is 72.3 Å². The van der Waals surface area contributed by atoms with Gasteiger partial charge in [-0.15, -0.1) is 0 Å². The van der Waals surface area contributed by atoms with Crippen molar-refractivity contribution >= 4 is 34.1 Å². The Balaban J connectivity index is 1.30. The predicted octanol–water partition coefficient (Wildman–Crippen LogP) is 3.48. The highest BCUT2D eigenvalue weighted by molar-refractivity contribution is 6.07. The molecule has 2 aliphatic heterocycles. The number of hydrogen-bond acceptors (Lipinski definition) is 7. The average Bonchev–Trinajstić information content (AvgIpc) is 3.53. The van der Waals surface area contributed by atoms with Crippen molar-refractivity contribution in [3.63, 3.8) is 0 Å². The lowest BCUT2D eigenvalue weighted by Gasteiger charge is -2.33. The number of fused-ring (bicyclic) bond motifs is 2. The van der Waals surface area contributed by atoms with E-state index in [1.165, 1.54) is 0 Å². The SMILES string of the molecule is COCCn1ccc2c(-c3ccc(Nc4ccc(N5CCN(C)CC5)cn4)c4c3CNC4=O)ccnc21. The number of rotatable bonds is 7. The summed E-state index contributed by atoms with van der Waals surface area (Å²) in [4.78, 5) is 26.9. The van der Waals surface area contributed by atoms with Gasteiger partial charge in [-0.25, -0.2) is 9.97 Å². The molecule has 1 aromatic carbocycles. The van der Waals surface area contributed by atoms with Crippen molar-refractivity contribution in [2.45, 2.75) is 13.1 Å². The van der Waals surface area contributed by atoms with Gasteiger partial charge in [-0.05, 0) is 54.1 Å². The molecule has 190 valence electrons. The average molecular weight is 498 g/mol. The van der Waals surface area contributed by atoms with Crippen molar-refractivity contribution in [1.82, 2.24) is 24.8 Å². The number of pyridine rings is 2. The summed E-state index contributed by atoms with van der Waals surface area (Å²) in [5.41, 5.74) is 6.55. The molecule has 0 atom stereocenters. The van der Waals surface area contributed by atoms with Gasteiger partial charge in [0.1, 0.15) is 11.5 Å². The first kappa shape index (κ1) is 23.4. The van der Waals surface area contributed by atoms with E-state index in [-0.39, 0.29) is 5.91 Å². The zero-order valence-corrected chi connectivity index (χ0v) is 21.2. The summed E-state index contributed by atoms with van der Waals surface area (Å²) in [5, 5.41) is 7.45. The number of piperazine rings is 1. The molecular weight excluding hydrogens is 466 g/mol. The van der Waals surface area contributed by atoms with Crippen LogP contribution in [0.1, 0.15) is 15.9 Å². The van der Waals surface area contributed by atoms with E-state index in [9.17, 15) is 4.79 Å². The summed E-state index contributed by atoms with van der Waals surface area (Å²) in [6.45, 7) is 5.94. The molecule has 2 aliphatic rings. The van der Waals surface area contributed by atoms with Gasteiger partial charge >= 0.3 is 0 Å². The summed E-state index contributed by atoms with van der Waals surface area (Å²) < 4.78 is 7.34. The third-order valence-electron chi connectivity index (χ3n) is 7.33. The van der Waals surface area contributed by atoms with Gasteiger partial charge < -0.3 is 29.7 Å². The second-order valence-corrected chi connectivity index (χ2v) is 9.61. The number of carbonyl (C=O) groups is 1. The van der Waals surface area contributed by atoms with Crippen LogP contribution in [0, 0.1) is 0 Å². The third-order valence-corrected chi connectivity index (χ3v) is 7.33. The largest absolute Gasteiger partial charge is 0.383 e. The van der Waals surface area contributed by atoms with E-state index in [0.717, 1.165) is 71.8 Å².